The highest BCUT2D eigenvalue weighted by molar-refractivity contribution is 5.94. The van der Waals surface area contributed by atoms with Crippen LogP contribution in [0.3, 0.4) is 0 Å². The second-order valence-corrected chi connectivity index (χ2v) is 4.98. The van der Waals surface area contributed by atoms with Gasteiger partial charge in [0.25, 0.3) is 0 Å². The van der Waals surface area contributed by atoms with E-state index in [1.807, 2.05) is 60.7 Å². The van der Waals surface area contributed by atoms with E-state index in [0.717, 1.165) is 22.1 Å². The van der Waals surface area contributed by atoms with Gasteiger partial charge in [-0.3, -0.25) is 4.79 Å². The van der Waals surface area contributed by atoms with Crippen LogP contribution in [0, 0.1) is 0 Å². The van der Waals surface area contributed by atoms with Crippen molar-refractivity contribution in [3.8, 4) is 11.5 Å². The third-order valence-corrected chi connectivity index (χ3v) is 3.33. The van der Waals surface area contributed by atoms with Crippen molar-refractivity contribution in [3.05, 3.63) is 72.3 Å². The summed E-state index contributed by atoms with van der Waals surface area (Å²) in [5.74, 6) is 0.994. The molecule has 0 aromatic heterocycles. The van der Waals surface area contributed by atoms with Crippen LogP contribution < -0.4 is 9.47 Å². The molecule has 0 unspecified atom stereocenters. The summed E-state index contributed by atoms with van der Waals surface area (Å²) >= 11 is 0. The van der Waals surface area contributed by atoms with Crippen molar-refractivity contribution in [1.29, 1.82) is 0 Å². The molecule has 110 valence electrons. The smallest absolute Gasteiger partial charge is 0.308 e. The first-order valence-electron chi connectivity index (χ1n) is 7.11. The molecule has 0 spiro atoms. The monoisotopic (exact) mass is 292 g/mol. The van der Waals surface area contributed by atoms with E-state index < -0.39 is 0 Å². The van der Waals surface area contributed by atoms with Crippen LogP contribution in [0.25, 0.3) is 10.8 Å². The van der Waals surface area contributed by atoms with E-state index in [9.17, 15) is 4.79 Å². The van der Waals surface area contributed by atoms with Crippen molar-refractivity contribution in [1.82, 2.24) is 0 Å². The number of fused-ring (bicyclic) bond motifs is 1. The summed E-state index contributed by atoms with van der Waals surface area (Å²) < 4.78 is 11.2. The van der Waals surface area contributed by atoms with Crippen molar-refractivity contribution in [3.63, 3.8) is 0 Å². The van der Waals surface area contributed by atoms with Crippen molar-refractivity contribution < 1.29 is 14.3 Å². The van der Waals surface area contributed by atoms with Crippen LogP contribution in [0.2, 0.25) is 0 Å². The van der Waals surface area contributed by atoms with Crippen molar-refractivity contribution in [2.24, 2.45) is 0 Å². The van der Waals surface area contributed by atoms with Gasteiger partial charge in [-0.15, -0.1) is 0 Å². The summed E-state index contributed by atoms with van der Waals surface area (Å²) in [5, 5.41) is 1.79. The lowest BCUT2D eigenvalue weighted by molar-refractivity contribution is -0.131. The van der Waals surface area contributed by atoms with Gasteiger partial charge in [0.2, 0.25) is 0 Å². The summed E-state index contributed by atoms with van der Waals surface area (Å²) in [7, 11) is 0. The number of hydrogen-bond acceptors (Lipinski definition) is 3. The molecule has 3 aromatic rings. The minimum absolute atomic E-state index is 0.330. The highest BCUT2D eigenvalue weighted by Gasteiger charge is 2.09. The lowest BCUT2D eigenvalue weighted by Crippen LogP contribution is -2.02. The maximum absolute atomic E-state index is 11.2. The number of esters is 1. The fourth-order valence-electron chi connectivity index (χ4n) is 2.35. The molecule has 0 aliphatic heterocycles. The van der Waals surface area contributed by atoms with Gasteiger partial charge in [-0.2, -0.15) is 0 Å². The fourth-order valence-corrected chi connectivity index (χ4v) is 2.35. The lowest BCUT2D eigenvalue weighted by atomic mass is 10.1. The molecule has 0 atom stereocenters. The quantitative estimate of drug-likeness (QED) is 0.530. The second kappa shape index (κ2) is 6.31. The number of ether oxygens (including phenoxy) is 2. The van der Waals surface area contributed by atoms with Gasteiger partial charge in [0.15, 0.2) is 0 Å². The van der Waals surface area contributed by atoms with E-state index in [0.29, 0.717) is 12.4 Å². The number of benzene rings is 3. The second-order valence-electron chi connectivity index (χ2n) is 4.98. The molecular weight excluding hydrogens is 276 g/mol. The molecule has 22 heavy (non-hydrogen) atoms. The van der Waals surface area contributed by atoms with Crippen LogP contribution in [-0.4, -0.2) is 5.97 Å². The Labute approximate surface area is 129 Å². The Kier molecular flexibility index (Phi) is 4.05. The first-order chi connectivity index (χ1) is 10.7. The average Bonchev–Trinajstić information content (AvgIpc) is 2.55. The van der Waals surface area contributed by atoms with Crippen LogP contribution in [0.15, 0.2) is 66.7 Å². The molecule has 3 aromatic carbocycles. The zero-order chi connectivity index (χ0) is 15.4. The molecule has 0 bridgehead atoms. The summed E-state index contributed by atoms with van der Waals surface area (Å²) in [6.07, 6.45) is 0. The highest BCUT2D eigenvalue weighted by atomic mass is 16.5. The Hall–Kier alpha value is -2.81. The van der Waals surface area contributed by atoms with Crippen LogP contribution >= 0.6 is 0 Å². The number of carbonyl (C=O) groups excluding carboxylic acids is 1. The Morgan fingerprint density at radius 2 is 1.41 bits per heavy atom. The van der Waals surface area contributed by atoms with E-state index in [1.165, 1.54) is 6.92 Å². The molecule has 0 aliphatic rings. The molecule has 0 aliphatic carbocycles. The molecule has 0 N–H and O–H groups in total. The van der Waals surface area contributed by atoms with E-state index in [-0.39, 0.29) is 5.97 Å². The van der Waals surface area contributed by atoms with E-state index in [2.05, 4.69) is 0 Å². The van der Waals surface area contributed by atoms with Crippen LogP contribution in [0.1, 0.15) is 12.5 Å². The van der Waals surface area contributed by atoms with Gasteiger partial charge in [-0.05, 0) is 17.7 Å². The first-order valence-corrected chi connectivity index (χ1v) is 7.11. The summed E-state index contributed by atoms with van der Waals surface area (Å²) in [6.45, 7) is 1.90. The maximum atomic E-state index is 11.2. The summed E-state index contributed by atoms with van der Waals surface area (Å²) in [4.78, 5) is 11.2. The highest BCUT2D eigenvalue weighted by Crippen LogP contribution is 2.33. The van der Waals surface area contributed by atoms with Crippen molar-refractivity contribution in [2.45, 2.75) is 13.5 Å². The summed E-state index contributed by atoms with van der Waals surface area (Å²) in [6, 6.07) is 21.3. The van der Waals surface area contributed by atoms with Gasteiger partial charge < -0.3 is 9.47 Å². The van der Waals surface area contributed by atoms with Crippen LogP contribution in [0.5, 0.6) is 11.5 Å². The molecule has 0 saturated heterocycles. The summed E-state index contributed by atoms with van der Waals surface area (Å²) in [5.41, 5.74) is 1.11. The third-order valence-electron chi connectivity index (χ3n) is 3.33. The molecule has 3 heteroatoms. The number of rotatable bonds is 4. The zero-order valence-electron chi connectivity index (χ0n) is 12.3. The molecular formula is C19H16O3. The van der Waals surface area contributed by atoms with Crippen LogP contribution in [-0.2, 0) is 11.4 Å². The van der Waals surface area contributed by atoms with Gasteiger partial charge >= 0.3 is 5.97 Å². The normalized spacial score (nSPS) is 10.4. The first kappa shape index (κ1) is 14.1. The minimum atomic E-state index is -0.330. The maximum Gasteiger partial charge on any atom is 0.308 e. The topological polar surface area (TPSA) is 35.5 Å². The predicted molar refractivity (Wildman–Crippen MR) is 86.0 cm³/mol. The minimum Gasteiger partial charge on any atom is -0.488 e. The molecule has 0 heterocycles. The number of carbonyl (C=O) groups is 1. The van der Waals surface area contributed by atoms with Gasteiger partial charge in [0.05, 0.1) is 0 Å². The predicted octanol–water partition coefficient (Wildman–Crippen LogP) is 4.34. The van der Waals surface area contributed by atoms with Crippen molar-refractivity contribution >= 4 is 16.7 Å². The van der Waals surface area contributed by atoms with Gasteiger partial charge in [0.1, 0.15) is 18.1 Å². The molecule has 0 amide bonds. The number of hydrogen-bond donors (Lipinski definition) is 0. The Bertz CT molecular complexity index is 794. The standard InChI is InChI=1S/C19H16O3/c1-14(20)22-19-12-11-18(16-9-5-6-10-17(16)19)21-13-15-7-3-2-4-8-15/h2-12H,13H2,1H3. The van der Waals surface area contributed by atoms with E-state index in [1.54, 1.807) is 6.07 Å². The third kappa shape index (κ3) is 3.09. The molecule has 0 radical (unpaired) electrons. The largest absolute Gasteiger partial charge is 0.488 e. The molecule has 3 nitrogen and oxygen atoms in total. The van der Waals surface area contributed by atoms with Crippen molar-refractivity contribution in [2.75, 3.05) is 0 Å². The molecule has 0 saturated carbocycles. The van der Waals surface area contributed by atoms with Gasteiger partial charge in [-0.1, -0.05) is 54.6 Å². The average molecular weight is 292 g/mol. The lowest BCUT2D eigenvalue weighted by Gasteiger charge is -2.12. The van der Waals surface area contributed by atoms with E-state index in [4.69, 9.17) is 9.47 Å². The molecule has 0 fully saturated rings. The Balaban J connectivity index is 1.92. The van der Waals surface area contributed by atoms with Crippen LogP contribution in [0.4, 0.5) is 0 Å². The van der Waals surface area contributed by atoms with Gasteiger partial charge in [0, 0.05) is 17.7 Å². The zero-order valence-corrected chi connectivity index (χ0v) is 12.3. The SMILES string of the molecule is CC(=O)Oc1ccc(OCc2ccccc2)c2ccccc12. The van der Waals surface area contributed by atoms with E-state index >= 15 is 0 Å². The molecule has 3 rings (SSSR count). The Morgan fingerprint density at radius 3 is 2.09 bits per heavy atom. The Morgan fingerprint density at radius 1 is 0.818 bits per heavy atom. The van der Waals surface area contributed by atoms with Gasteiger partial charge in [-0.25, -0.2) is 0 Å². The fraction of sp³-hybridized carbons (Fsp3) is 0.105.